The Morgan fingerprint density at radius 3 is 1.34 bits per heavy atom. The first-order valence-electron chi connectivity index (χ1n) is 9.71. The monoisotopic (exact) mass is 410 g/mol. The third-order valence-corrected chi connectivity index (χ3v) is 4.48. The highest BCUT2D eigenvalue weighted by Gasteiger charge is 2.37. The summed E-state index contributed by atoms with van der Waals surface area (Å²) in [5.74, 6) is -1.61. The molecule has 3 atom stereocenters. The van der Waals surface area contributed by atoms with E-state index in [4.69, 9.17) is 14.2 Å². The Bertz CT molecular complexity index is 508. The second-order valence-electron chi connectivity index (χ2n) is 7.29. The summed E-state index contributed by atoms with van der Waals surface area (Å²) in [5, 5.41) is 9.39. The van der Waals surface area contributed by atoms with Gasteiger partial charge in [-0.05, 0) is 58.3 Å². The predicted octanol–water partition coefficient (Wildman–Crippen LogP) is 3.27. The van der Waals surface area contributed by atoms with Crippen molar-refractivity contribution in [3.63, 3.8) is 0 Å². The lowest BCUT2D eigenvalue weighted by Crippen LogP contribution is -2.36. The standard InChI is InChI=1S/C22H34O7/c1-7-19(24)27-16(4)13-22(11-10-12-23,14-17(5)28-20(25)8-2)15-18(6)29-21(26)9-3/h7-9,16-18,23H,1-3,10-15H2,4-6H3. The molecule has 0 saturated heterocycles. The van der Waals surface area contributed by atoms with Crippen molar-refractivity contribution in [1.82, 2.24) is 0 Å². The normalized spacial score (nSPS) is 15.7. The van der Waals surface area contributed by atoms with Crippen molar-refractivity contribution in [2.45, 2.75) is 71.2 Å². The summed E-state index contributed by atoms with van der Waals surface area (Å²) in [4.78, 5) is 34.8. The lowest BCUT2D eigenvalue weighted by Gasteiger charge is -2.39. The fraction of sp³-hybridized carbons (Fsp3) is 0.591. The summed E-state index contributed by atoms with van der Waals surface area (Å²) in [5.41, 5.74) is -0.522. The van der Waals surface area contributed by atoms with E-state index in [1.54, 1.807) is 20.8 Å². The summed E-state index contributed by atoms with van der Waals surface area (Å²) in [7, 11) is 0. The lowest BCUT2D eigenvalue weighted by molar-refractivity contribution is -0.147. The average molecular weight is 411 g/mol. The minimum atomic E-state index is -0.536. The number of aliphatic hydroxyl groups excluding tert-OH is 1. The minimum absolute atomic E-state index is 0.0236. The van der Waals surface area contributed by atoms with Gasteiger partial charge in [-0.3, -0.25) is 0 Å². The SMILES string of the molecule is C=CC(=O)OC(C)CC(CCCO)(CC(C)OC(=O)C=C)CC(C)OC(=O)C=C. The summed E-state index contributed by atoms with van der Waals surface area (Å²) in [6.07, 6.45) is 4.25. The van der Waals surface area contributed by atoms with E-state index in [1.165, 1.54) is 0 Å². The Balaban J connectivity index is 5.64. The molecular formula is C22H34O7. The summed E-state index contributed by atoms with van der Waals surface area (Å²) in [6.45, 7) is 15.5. The fourth-order valence-electron chi connectivity index (χ4n) is 3.70. The first kappa shape index (κ1) is 26.6. The average Bonchev–Trinajstić information content (AvgIpc) is 2.65. The van der Waals surface area contributed by atoms with Gasteiger partial charge in [-0.15, -0.1) is 0 Å². The van der Waals surface area contributed by atoms with Gasteiger partial charge in [0.15, 0.2) is 0 Å². The highest BCUT2D eigenvalue weighted by Crippen LogP contribution is 2.41. The maximum absolute atomic E-state index is 11.6. The third kappa shape index (κ3) is 11.2. The number of hydrogen-bond donors (Lipinski definition) is 1. The maximum Gasteiger partial charge on any atom is 0.330 e. The van der Waals surface area contributed by atoms with Crippen LogP contribution in [0, 0.1) is 5.41 Å². The van der Waals surface area contributed by atoms with Gasteiger partial charge in [0, 0.05) is 24.8 Å². The van der Waals surface area contributed by atoms with Crippen LogP contribution >= 0.6 is 0 Å². The zero-order valence-corrected chi connectivity index (χ0v) is 17.7. The van der Waals surface area contributed by atoms with Crippen molar-refractivity contribution in [2.75, 3.05) is 6.61 Å². The Kier molecular flexibility index (Phi) is 12.6. The molecule has 0 aliphatic rings. The molecule has 0 aliphatic carbocycles. The van der Waals surface area contributed by atoms with Crippen LogP contribution in [0.5, 0.6) is 0 Å². The molecule has 0 radical (unpaired) electrons. The van der Waals surface area contributed by atoms with Crippen LogP contribution in [0.4, 0.5) is 0 Å². The molecule has 1 N–H and O–H groups in total. The molecule has 0 saturated carbocycles. The second-order valence-corrected chi connectivity index (χ2v) is 7.29. The molecule has 3 unspecified atom stereocenters. The summed E-state index contributed by atoms with van der Waals surface area (Å²) < 4.78 is 16.0. The van der Waals surface area contributed by atoms with Crippen LogP contribution in [0.3, 0.4) is 0 Å². The van der Waals surface area contributed by atoms with Crippen molar-refractivity contribution >= 4 is 17.9 Å². The highest BCUT2D eigenvalue weighted by molar-refractivity contribution is 5.82. The van der Waals surface area contributed by atoms with Gasteiger partial charge in [0.25, 0.3) is 0 Å². The van der Waals surface area contributed by atoms with Crippen LogP contribution in [-0.4, -0.2) is 47.9 Å². The number of aliphatic hydroxyl groups is 1. The van der Waals surface area contributed by atoms with Crippen LogP contribution < -0.4 is 0 Å². The first-order valence-corrected chi connectivity index (χ1v) is 9.71. The molecule has 7 heteroatoms. The van der Waals surface area contributed by atoms with E-state index < -0.39 is 41.6 Å². The summed E-state index contributed by atoms with van der Waals surface area (Å²) in [6, 6.07) is 0. The number of ether oxygens (including phenoxy) is 3. The molecule has 0 amide bonds. The molecule has 0 aliphatic heterocycles. The van der Waals surface area contributed by atoms with Gasteiger partial charge in [0.1, 0.15) is 0 Å². The van der Waals surface area contributed by atoms with Gasteiger partial charge in [-0.25, -0.2) is 14.4 Å². The van der Waals surface area contributed by atoms with Crippen molar-refractivity contribution in [2.24, 2.45) is 5.41 Å². The molecule has 7 nitrogen and oxygen atoms in total. The maximum atomic E-state index is 11.6. The Morgan fingerprint density at radius 1 is 0.793 bits per heavy atom. The van der Waals surface area contributed by atoms with Crippen molar-refractivity contribution in [3.8, 4) is 0 Å². The Labute approximate surface area is 173 Å². The van der Waals surface area contributed by atoms with Crippen LogP contribution in [0.2, 0.25) is 0 Å². The first-order chi connectivity index (χ1) is 13.6. The van der Waals surface area contributed by atoms with Gasteiger partial charge in [0.2, 0.25) is 0 Å². The number of carbonyl (C=O) groups excluding carboxylic acids is 3. The van der Waals surface area contributed by atoms with Gasteiger partial charge >= 0.3 is 17.9 Å². The molecule has 0 spiro atoms. The van der Waals surface area contributed by atoms with E-state index in [9.17, 15) is 19.5 Å². The van der Waals surface area contributed by atoms with E-state index in [-0.39, 0.29) is 6.61 Å². The molecule has 29 heavy (non-hydrogen) atoms. The Morgan fingerprint density at radius 2 is 1.10 bits per heavy atom. The van der Waals surface area contributed by atoms with E-state index >= 15 is 0 Å². The zero-order chi connectivity index (χ0) is 22.4. The van der Waals surface area contributed by atoms with Crippen LogP contribution in [0.1, 0.15) is 52.9 Å². The largest absolute Gasteiger partial charge is 0.460 e. The lowest BCUT2D eigenvalue weighted by atomic mass is 9.70. The van der Waals surface area contributed by atoms with Crippen LogP contribution in [0.25, 0.3) is 0 Å². The van der Waals surface area contributed by atoms with Crippen molar-refractivity contribution in [1.29, 1.82) is 0 Å². The van der Waals surface area contributed by atoms with Crippen LogP contribution in [-0.2, 0) is 28.6 Å². The minimum Gasteiger partial charge on any atom is -0.460 e. The van der Waals surface area contributed by atoms with Gasteiger partial charge in [-0.1, -0.05) is 19.7 Å². The van der Waals surface area contributed by atoms with E-state index in [1.807, 2.05) is 0 Å². The molecule has 0 aromatic heterocycles. The number of hydrogen-bond acceptors (Lipinski definition) is 7. The summed E-state index contributed by atoms with van der Waals surface area (Å²) >= 11 is 0. The predicted molar refractivity (Wildman–Crippen MR) is 110 cm³/mol. The quantitative estimate of drug-likeness (QED) is 0.251. The zero-order valence-electron chi connectivity index (χ0n) is 17.7. The molecule has 0 rings (SSSR count). The van der Waals surface area contributed by atoms with Gasteiger partial charge < -0.3 is 19.3 Å². The number of rotatable bonds is 15. The van der Waals surface area contributed by atoms with Gasteiger partial charge in [-0.2, -0.15) is 0 Å². The van der Waals surface area contributed by atoms with E-state index in [0.717, 1.165) is 18.2 Å². The third-order valence-electron chi connectivity index (χ3n) is 4.48. The van der Waals surface area contributed by atoms with Gasteiger partial charge in [0.05, 0.1) is 18.3 Å². The van der Waals surface area contributed by atoms with E-state index in [0.29, 0.717) is 32.1 Å². The fourth-order valence-corrected chi connectivity index (χ4v) is 3.70. The molecule has 0 aromatic rings. The van der Waals surface area contributed by atoms with Crippen molar-refractivity contribution in [3.05, 3.63) is 38.0 Å². The molecule has 0 fully saturated rings. The topological polar surface area (TPSA) is 99.1 Å². The highest BCUT2D eigenvalue weighted by atomic mass is 16.6. The van der Waals surface area contributed by atoms with E-state index in [2.05, 4.69) is 19.7 Å². The van der Waals surface area contributed by atoms with Crippen molar-refractivity contribution < 1.29 is 33.7 Å². The second kappa shape index (κ2) is 13.7. The molecule has 0 heterocycles. The molecular weight excluding hydrogens is 376 g/mol. The molecule has 0 aromatic carbocycles. The molecule has 0 bridgehead atoms. The molecule has 164 valence electrons. The Hall–Kier alpha value is -2.41. The van der Waals surface area contributed by atoms with Crippen LogP contribution in [0.15, 0.2) is 38.0 Å². The number of esters is 3. The number of carbonyl (C=O) groups is 3. The smallest absolute Gasteiger partial charge is 0.330 e.